The molecule has 0 aliphatic heterocycles. The summed E-state index contributed by atoms with van der Waals surface area (Å²) in [5, 5.41) is 22.1. The maximum Gasteiger partial charge on any atom is 0.230 e. The zero-order valence-electron chi connectivity index (χ0n) is 17.1. The number of hydrogen-bond acceptors (Lipinski definition) is 5. The van der Waals surface area contributed by atoms with E-state index in [1.54, 1.807) is 6.07 Å². The largest absolute Gasteiger partial charge is 0.387 e. The molecule has 4 aromatic rings. The van der Waals surface area contributed by atoms with E-state index in [9.17, 15) is 14.3 Å². The Hall–Kier alpha value is -3.49. The number of thioether (sulfide) groups is 1. The number of aliphatic hydroxyl groups is 1. The summed E-state index contributed by atoms with van der Waals surface area (Å²) >= 11 is 1.25. The van der Waals surface area contributed by atoms with Crippen molar-refractivity contribution >= 4 is 17.7 Å². The van der Waals surface area contributed by atoms with Gasteiger partial charge in [-0.05, 0) is 29.8 Å². The topological polar surface area (TPSA) is 80.0 Å². The summed E-state index contributed by atoms with van der Waals surface area (Å²) < 4.78 is 15.2. The average molecular weight is 449 g/mol. The molecule has 32 heavy (non-hydrogen) atoms. The Labute approximate surface area is 189 Å². The van der Waals surface area contributed by atoms with Gasteiger partial charge in [-0.25, -0.2) is 4.39 Å². The number of carbonyl (C=O) groups is 1. The number of amides is 1. The fraction of sp³-hybridized carbons (Fsp3) is 0.125. The number of hydrogen-bond donors (Lipinski definition) is 2. The standard InChI is InChI=1S/C24H21FN4O2S/c25-19-11-7-10-18(14-19)21(30)15-26-22(31)16-32-24-28-27-23(17-8-3-1-4-9-17)29(24)20-12-5-2-6-13-20/h1-14,21,30H,15-16H2,(H,26,31). The van der Waals surface area contributed by atoms with Gasteiger partial charge in [0.1, 0.15) is 5.82 Å². The van der Waals surface area contributed by atoms with E-state index in [2.05, 4.69) is 15.5 Å². The van der Waals surface area contributed by atoms with Crippen molar-refractivity contribution in [3.05, 3.63) is 96.3 Å². The second kappa shape index (κ2) is 10.2. The van der Waals surface area contributed by atoms with Crippen molar-refractivity contribution in [2.24, 2.45) is 0 Å². The third-order valence-electron chi connectivity index (χ3n) is 4.74. The fourth-order valence-corrected chi connectivity index (χ4v) is 3.95. The van der Waals surface area contributed by atoms with Crippen molar-refractivity contribution in [1.29, 1.82) is 0 Å². The van der Waals surface area contributed by atoms with Crippen LogP contribution in [0.1, 0.15) is 11.7 Å². The minimum absolute atomic E-state index is 0.0104. The van der Waals surface area contributed by atoms with Crippen LogP contribution in [0.2, 0.25) is 0 Å². The summed E-state index contributed by atoms with van der Waals surface area (Å²) in [6, 6.07) is 25.1. The lowest BCUT2D eigenvalue weighted by molar-refractivity contribution is -0.119. The lowest BCUT2D eigenvalue weighted by Gasteiger charge is -2.13. The lowest BCUT2D eigenvalue weighted by atomic mass is 10.1. The Morgan fingerprint density at radius 1 is 1.00 bits per heavy atom. The van der Waals surface area contributed by atoms with Crippen LogP contribution in [0, 0.1) is 5.82 Å². The first-order chi connectivity index (χ1) is 15.6. The number of aliphatic hydroxyl groups excluding tert-OH is 1. The maximum absolute atomic E-state index is 13.3. The first kappa shape index (κ1) is 21.7. The van der Waals surface area contributed by atoms with E-state index in [1.165, 1.54) is 30.0 Å². The highest BCUT2D eigenvalue weighted by Crippen LogP contribution is 2.27. The number of nitrogens with zero attached hydrogens (tertiary/aromatic N) is 3. The molecule has 8 heteroatoms. The first-order valence-electron chi connectivity index (χ1n) is 10.0. The molecule has 1 amide bonds. The molecule has 0 aliphatic carbocycles. The molecule has 0 aliphatic rings. The second-order valence-corrected chi connectivity index (χ2v) is 7.95. The average Bonchev–Trinajstić information content (AvgIpc) is 3.26. The molecule has 162 valence electrons. The van der Waals surface area contributed by atoms with Gasteiger partial charge in [0.15, 0.2) is 11.0 Å². The van der Waals surface area contributed by atoms with E-state index in [4.69, 9.17) is 0 Å². The van der Waals surface area contributed by atoms with Gasteiger partial charge in [-0.15, -0.1) is 10.2 Å². The zero-order valence-corrected chi connectivity index (χ0v) is 17.9. The molecular weight excluding hydrogens is 427 g/mol. The van der Waals surface area contributed by atoms with Crippen LogP contribution in [-0.2, 0) is 4.79 Å². The lowest BCUT2D eigenvalue weighted by Crippen LogP contribution is -2.29. The van der Waals surface area contributed by atoms with Crippen molar-refractivity contribution < 1.29 is 14.3 Å². The van der Waals surface area contributed by atoms with Crippen LogP contribution in [0.25, 0.3) is 17.1 Å². The Balaban J connectivity index is 1.45. The molecule has 6 nitrogen and oxygen atoms in total. The SMILES string of the molecule is O=C(CSc1nnc(-c2ccccc2)n1-c1ccccc1)NCC(O)c1cccc(F)c1. The van der Waals surface area contributed by atoms with Crippen LogP contribution in [0.3, 0.4) is 0 Å². The van der Waals surface area contributed by atoms with Crippen molar-refractivity contribution in [2.75, 3.05) is 12.3 Å². The molecule has 4 rings (SSSR count). The van der Waals surface area contributed by atoms with Gasteiger partial charge in [0.2, 0.25) is 5.91 Å². The highest BCUT2D eigenvalue weighted by Gasteiger charge is 2.17. The molecular formula is C24H21FN4O2S. The zero-order chi connectivity index (χ0) is 22.3. The molecule has 0 spiro atoms. The van der Waals surface area contributed by atoms with Crippen molar-refractivity contribution in [3.8, 4) is 17.1 Å². The van der Waals surface area contributed by atoms with Gasteiger partial charge in [-0.1, -0.05) is 72.4 Å². The molecule has 1 unspecified atom stereocenters. The highest BCUT2D eigenvalue weighted by molar-refractivity contribution is 7.99. The quantitative estimate of drug-likeness (QED) is 0.398. The molecule has 0 radical (unpaired) electrons. The Morgan fingerprint density at radius 3 is 2.44 bits per heavy atom. The number of nitrogens with one attached hydrogen (secondary N) is 1. The van der Waals surface area contributed by atoms with Crippen LogP contribution in [-0.4, -0.2) is 38.1 Å². The van der Waals surface area contributed by atoms with Gasteiger partial charge in [0.05, 0.1) is 11.9 Å². The van der Waals surface area contributed by atoms with Crippen LogP contribution >= 0.6 is 11.8 Å². The van der Waals surface area contributed by atoms with Gasteiger partial charge in [0.25, 0.3) is 0 Å². The smallest absolute Gasteiger partial charge is 0.230 e. The van der Waals surface area contributed by atoms with E-state index in [0.717, 1.165) is 11.3 Å². The number of halogens is 1. The van der Waals surface area contributed by atoms with Crippen LogP contribution in [0.5, 0.6) is 0 Å². The predicted octanol–water partition coefficient (Wildman–Crippen LogP) is 4.02. The number of para-hydroxylation sites is 1. The van der Waals surface area contributed by atoms with Gasteiger partial charge >= 0.3 is 0 Å². The van der Waals surface area contributed by atoms with E-state index in [0.29, 0.717) is 16.5 Å². The van der Waals surface area contributed by atoms with Gasteiger partial charge < -0.3 is 10.4 Å². The second-order valence-electron chi connectivity index (χ2n) is 7.01. The molecule has 0 bridgehead atoms. The van der Waals surface area contributed by atoms with E-state index >= 15 is 0 Å². The highest BCUT2D eigenvalue weighted by atomic mass is 32.2. The minimum Gasteiger partial charge on any atom is -0.387 e. The first-order valence-corrected chi connectivity index (χ1v) is 11.0. The number of aromatic nitrogens is 3. The van der Waals surface area contributed by atoms with Crippen molar-refractivity contribution in [3.63, 3.8) is 0 Å². The Bertz CT molecular complexity index is 1190. The van der Waals surface area contributed by atoms with Gasteiger partial charge in [-0.3, -0.25) is 9.36 Å². The molecule has 1 aromatic heterocycles. The van der Waals surface area contributed by atoms with E-state index in [1.807, 2.05) is 65.2 Å². The summed E-state index contributed by atoms with van der Waals surface area (Å²) in [5.74, 6) is 0.0729. The summed E-state index contributed by atoms with van der Waals surface area (Å²) in [7, 11) is 0. The van der Waals surface area contributed by atoms with E-state index < -0.39 is 11.9 Å². The summed E-state index contributed by atoms with van der Waals surface area (Å²) in [4.78, 5) is 12.4. The summed E-state index contributed by atoms with van der Waals surface area (Å²) in [6.07, 6.45) is -0.989. The summed E-state index contributed by atoms with van der Waals surface area (Å²) in [6.45, 7) is -0.0104. The van der Waals surface area contributed by atoms with Crippen LogP contribution < -0.4 is 5.32 Å². The molecule has 0 saturated carbocycles. The molecule has 2 N–H and O–H groups in total. The van der Waals surface area contributed by atoms with Crippen molar-refractivity contribution in [2.45, 2.75) is 11.3 Å². The third-order valence-corrected chi connectivity index (χ3v) is 5.67. The van der Waals surface area contributed by atoms with Gasteiger partial charge in [0, 0.05) is 17.8 Å². The third kappa shape index (κ3) is 5.22. The molecule has 3 aromatic carbocycles. The van der Waals surface area contributed by atoms with Crippen LogP contribution in [0.15, 0.2) is 90.1 Å². The Kier molecular flexibility index (Phi) is 6.94. The normalized spacial score (nSPS) is 11.8. The molecule has 0 fully saturated rings. The molecule has 0 saturated heterocycles. The predicted molar refractivity (Wildman–Crippen MR) is 122 cm³/mol. The number of rotatable bonds is 8. The van der Waals surface area contributed by atoms with Crippen molar-refractivity contribution in [1.82, 2.24) is 20.1 Å². The monoisotopic (exact) mass is 448 g/mol. The summed E-state index contributed by atoms with van der Waals surface area (Å²) in [5.41, 5.74) is 2.22. The molecule has 1 atom stereocenters. The van der Waals surface area contributed by atoms with E-state index in [-0.39, 0.29) is 18.2 Å². The maximum atomic E-state index is 13.3. The minimum atomic E-state index is -0.989. The number of carbonyl (C=O) groups excluding carboxylic acids is 1. The Morgan fingerprint density at radius 2 is 1.72 bits per heavy atom. The molecule has 1 heterocycles. The van der Waals surface area contributed by atoms with Gasteiger partial charge in [-0.2, -0.15) is 0 Å². The fourth-order valence-electron chi connectivity index (χ4n) is 3.17. The number of benzene rings is 3. The van der Waals surface area contributed by atoms with Crippen LogP contribution in [0.4, 0.5) is 4.39 Å².